The lowest BCUT2D eigenvalue weighted by molar-refractivity contribution is -0.116. The topological polar surface area (TPSA) is 62.6 Å². The third kappa shape index (κ3) is 4.35. The summed E-state index contributed by atoms with van der Waals surface area (Å²) in [5.74, 6) is 0.416. The molecule has 0 radical (unpaired) electrons. The minimum Gasteiger partial charge on any atom is -0.469 e. The lowest BCUT2D eigenvalue weighted by Crippen LogP contribution is -2.38. The number of amides is 1. The number of nitrogens with one attached hydrogen (secondary N) is 1. The lowest BCUT2D eigenvalue weighted by atomic mass is 9.80. The number of fused-ring (bicyclic) bond motifs is 1. The van der Waals surface area contributed by atoms with E-state index in [4.69, 9.17) is 27.6 Å². The Morgan fingerprint density at radius 2 is 1.57 bits per heavy atom. The zero-order chi connectivity index (χ0) is 25.5. The fraction of sp³-hybridized carbons (Fsp3) is 0.133. The Morgan fingerprint density at radius 1 is 0.865 bits per heavy atom. The standard InChI is InChI=1S/C30H22Cl2N2O3/c31-21-11-7-18(8-12-21)29-28-24(16-20(17-26(28)35)27-6-3-15-37-27)33-23-4-1-2-5-25(23)34(29)30(36)19-9-13-22(32)14-10-19/h1-15,20,29,33H,16-17H2/t20-,29-/m0/s1. The smallest absolute Gasteiger partial charge is 0.259 e. The number of anilines is 2. The first-order valence-corrected chi connectivity index (χ1v) is 12.8. The van der Waals surface area contributed by atoms with Crippen LogP contribution in [0.25, 0.3) is 0 Å². The van der Waals surface area contributed by atoms with Crippen LogP contribution < -0.4 is 10.2 Å². The van der Waals surface area contributed by atoms with Crippen molar-refractivity contribution in [3.63, 3.8) is 0 Å². The van der Waals surface area contributed by atoms with Crippen LogP contribution in [0.4, 0.5) is 11.4 Å². The van der Waals surface area contributed by atoms with Crippen LogP contribution in [0.3, 0.4) is 0 Å². The molecule has 0 bridgehead atoms. The summed E-state index contributed by atoms with van der Waals surface area (Å²) < 4.78 is 5.66. The average Bonchev–Trinajstić information content (AvgIpc) is 3.40. The van der Waals surface area contributed by atoms with Gasteiger partial charge in [-0.25, -0.2) is 0 Å². The van der Waals surface area contributed by atoms with E-state index in [0.29, 0.717) is 33.3 Å². The van der Waals surface area contributed by atoms with Crippen molar-refractivity contribution in [3.8, 4) is 0 Å². The van der Waals surface area contributed by atoms with Crippen molar-refractivity contribution >= 4 is 46.3 Å². The van der Waals surface area contributed by atoms with Gasteiger partial charge in [0.05, 0.1) is 23.7 Å². The zero-order valence-electron chi connectivity index (χ0n) is 19.7. The number of hydrogen-bond donors (Lipinski definition) is 1. The molecule has 6 rings (SSSR count). The summed E-state index contributed by atoms with van der Waals surface area (Å²) in [5.41, 5.74) is 4.06. The maximum absolute atomic E-state index is 14.2. The Morgan fingerprint density at radius 3 is 2.27 bits per heavy atom. The molecule has 0 unspecified atom stereocenters. The Hall–Kier alpha value is -3.80. The zero-order valence-corrected chi connectivity index (χ0v) is 21.2. The quantitative estimate of drug-likeness (QED) is 0.294. The first-order valence-electron chi connectivity index (χ1n) is 12.0. The van der Waals surface area contributed by atoms with E-state index in [-0.39, 0.29) is 24.0 Å². The molecule has 0 spiro atoms. The first-order chi connectivity index (χ1) is 18.0. The number of benzene rings is 3. The van der Waals surface area contributed by atoms with Gasteiger partial charge in [0.25, 0.3) is 5.91 Å². The van der Waals surface area contributed by atoms with Crippen molar-refractivity contribution in [3.05, 3.63) is 129 Å². The second kappa shape index (κ2) is 9.58. The summed E-state index contributed by atoms with van der Waals surface area (Å²) in [6.07, 6.45) is 2.50. The van der Waals surface area contributed by atoms with Gasteiger partial charge in [0.15, 0.2) is 5.78 Å². The average molecular weight is 529 g/mol. The van der Waals surface area contributed by atoms with Crippen molar-refractivity contribution in [2.75, 3.05) is 10.2 Å². The van der Waals surface area contributed by atoms with Gasteiger partial charge in [-0.05, 0) is 72.6 Å². The number of allylic oxidation sites excluding steroid dienone is 1. The molecule has 0 saturated heterocycles. The third-order valence-corrected chi connectivity index (χ3v) is 7.43. The summed E-state index contributed by atoms with van der Waals surface area (Å²) in [4.78, 5) is 29.8. The number of ketones is 1. The van der Waals surface area contributed by atoms with Crippen LogP contribution in [0.15, 0.2) is 107 Å². The normalized spacial score (nSPS) is 19.1. The van der Waals surface area contributed by atoms with Crippen molar-refractivity contribution in [1.29, 1.82) is 0 Å². The number of carbonyl (C=O) groups excluding carboxylic acids is 2. The second-order valence-electron chi connectivity index (χ2n) is 9.21. The predicted octanol–water partition coefficient (Wildman–Crippen LogP) is 7.80. The SMILES string of the molecule is O=C1C[C@@H](c2ccco2)CC2=C1[C@H](c1ccc(Cl)cc1)N(C(=O)c1ccc(Cl)cc1)c1ccccc1N2. The minimum absolute atomic E-state index is 0.0307. The lowest BCUT2D eigenvalue weighted by Gasteiger charge is -2.35. The molecule has 0 saturated carbocycles. The van der Waals surface area contributed by atoms with E-state index in [1.165, 1.54) is 0 Å². The molecule has 2 atom stereocenters. The minimum atomic E-state index is -0.656. The molecule has 4 aromatic rings. The van der Waals surface area contributed by atoms with Gasteiger partial charge >= 0.3 is 0 Å². The second-order valence-corrected chi connectivity index (χ2v) is 10.1. The van der Waals surface area contributed by atoms with Crippen LogP contribution in [0, 0.1) is 0 Å². The summed E-state index contributed by atoms with van der Waals surface area (Å²) in [6, 6.07) is 24.8. The largest absolute Gasteiger partial charge is 0.469 e. The van der Waals surface area contributed by atoms with Crippen LogP contribution in [-0.2, 0) is 4.79 Å². The van der Waals surface area contributed by atoms with E-state index < -0.39 is 6.04 Å². The van der Waals surface area contributed by atoms with E-state index in [0.717, 1.165) is 22.7 Å². The monoisotopic (exact) mass is 528 g/mol. The molecule has 37 heavy (non-hydrogen) atoms. The number of halogens is 2. The Bertz CT molecular complexity index is 1510. The molecule has 3 aromatic carbocycles. The highest BCUT2D eigenvalue weighted by atomic mass is 35.5. The van der Waals surface area contributed by atoms with Crippen molar-refractivity contribution in [2.45, 2.75) is 24.8 Å². The molecule has 0 fully saturated rings. The van der Waals surface area contributed by atoms with Crippen molar-refractivity contribution in [1.82, 2.24) is 0 Å². The Balaban J connectivity index is 1.57. The molecule has 1 aliphatic carbocycles. The number of Topliss-reactive ketones (excluding diaryl/α,β-unsaturated/α-hetero) is 1. The van der Waals surface area contributed by atoms with E-state index in [2.05, 4.69) is 5.32 Å². The van der Waals surface area contributed by atoms with Gasteiger partial charge in [0.1, 0.15) is 5.76 Å². The van der Waals surface area contributed by atoms with Gasteiger partial charge < -0.3 is 9.73 Å². The highest BCUT2D eigenvalue weighted by Crippen LogP contribution is 2.48. The van der Waals surface area contributed by atoms with E-state index in [1.807, 2.05) is 48.5 Å². The van der Waals surface area contributed by atoms with Crippen LogP contribution in [0.2, 0.25) is 10.0 Å². The fourth-order valence-electron chi connectivity index (χ4n) is 5.23. The molecule has 2 aliphatic rings. The maximum atomic E-state index is 14.2. The Kier molecular flexibility index (Phi) is 6.11. The molecule has 1 N–H and O–H groups in total. The van der Waals surface area contributed by atoms with E-state index in [1.54, 1.807) is 47.6 Å². The third-order valence-electron chi connectivity index (χ3n) is 6.93. The summed E-state index contributed by atoms with van der Waals surface area (Å²) in [5, 5.41) is 4.64. The first kappa shape index (κ1) is 23.6. The van der Waals surface area contributed by atoms with Gasteiger partial charge in [-0.15, -0.1) is 0 Å². The van der Waals surface area contributed by atoms with Crippen LogP contribution in [0.1, 0.15) is 46.5 Å². The van der Waals surface area contributed by atoms with Gasteiger partial charge in [-0.3, -0.25) is 14.5 Å². The van der Waals surface area contributed by atoms with E-state index in [9.17, 15) is 9.59 Å². The maximum Gasteiger partial charge on any atom is 0.259 e. The number of carbonyl (C=O) groups is 2. The highest BCUT2D eigenvalue weighted by Gasteiger charge is 2.42. The van der Waals surface area contributed by atoms with Gasteiger partial charge in [0, 0.05) is 39.2 Å². The van der Waals surface area contributed by atoms with Crippen molar-refractivity contribution in [2.24, 2.45) is 0 Å². The molecule has 5 nitrogen and oxygen atoms in total. The van der Waals surface area contributed by atoms with Crippen molar-refractivity contribution < 1.29 is 14.0 Å². The van der Waals surface area contributed by atoms with Crippen LogP contribution in [0.5, 0.6) is 0 Å². The van der Waals surface area contributed by atoms with Gasteiger partial charge in [-0.1, -0.05) is 47.5 Å². The molecular weight excluding hydrogens is 507 g/mol. The van der Waals surface area contributed by atoms with Crippen LogP contribution in [-0.4, -0.2) is 11.7 Å². The fourth-order valence-corrected chi connectivity index (χ4v) is 5.48. The number of rotatable bonds is 3. The summed E-state index contributed by atoms with van der Waals surface area (Å²) in [7, 11) is 0. The van der Waals surface area contributed by atoms with Crippen LogP contribution >= 0.6 is 23.2 Å². The molecule has 184 valence electrons. The van der Waals surface area contributed by atoms with Gasteiger partial charge in [0.2, 0.25) is 0 Å². The number of furan rings is 1. The molecule has 1 aliphatic heterocycles. The number of nitrogens with zero attached hydrogens (tertiary/aromatic N) is 1. The molecule has 1 amide bonds. The molecular formula is C30H22Cl2N2O3. The molecule has 2 heterocycles. The number of hydrogen-bond acceptors (Lipinski definition) is 4. The number of para-hydroxylation sites is 2. The molecule has 7 heteroatoms. The predicted molar refractivity (Wildman–Crippen MR) is 145 cm³/mol. The Labute approximate surface area is 224 Å². The summed E-state index contributed by atoms with van der Waals surface area (Å²) in [6.45, 7) is 0. The highest BCUT2D eigenvalue weighted by molar-refractivity contribution is 6.31. The molecule has 1 aromatic heterocycles. The van der Waals surface area contributed by atoms with Gasteiger partial charge in [-0.2, -0.15) is 0 Å². The van der Waals surface area contributed by atoms with E-state index >= 15 is 0 Å². The summed E-state index contributed by atoms with van der Waals surface area (Å²) >= 11 is 12.3.